The van der Waals surface area contributed by atoms with E-state index in [1.165, 1.54) is 43.1 Å². The molecule has 82 valence electrons. The van der Waals surface area contributed by atoms with Gasteiger partial charge in [0, 0.05) is 21.7 Å². The Balaban J connectivity index is 1.71. The van der Waals surface area contributed by atoms with Crippen LogP contribution in [-0.4, -0.2) is 30.3 Å². The molecule has 0 aliphatic carbocycles. The smallest absolute Gasteiger partial charge is 0.0176 e. The van der Waals surface area contributed by atoms with Crippen molar-refractivity contribution in [1.82, 2.24) is 4.90 Å². The zero-order chi connectivity index (χ0) is 10.5. The van der Waals surface area contributed by atoms with Gasteiger partial charge in [0.2, 0.25) is 0 Å². The van der Waals surface area contributed by atoms with Gasteiger partial charge < -0.3 is 4.90 Å². The maximum Gasteiger partial charge on any atom is 0.0176 e. The zero-order valence-corrected chi connectivity index (χ0v) is 11.2. The van der Waals surface area contributed by atoms with Crippen LogP contribution in [0.15, 0.2) is 33.6 Å². The third-order valence-corrected chi connectivity index (χ3v) is 4.21. The molecule has 1 nitrogen and oxygen atoms in total. The van der Waals surface area contributed by atoms with E-state index in [0.29, 0.717) is 0 Å². The van der Waals surface area contributed by atoms with Crippen molar-refractivity contribution in [2.45, 2.75) is 17.7 Å². The molecule has 0 saturated carbocycles. The van der Waals surface area contributed by atoms with Gasteiger partial charge in [-0.15, -0.1) is 11.8 Å². The van der Waals surface area contributed by atoms with Gasteiger partial charge in [-0.3, -0.25) is 0 Å². The first kappa shape index (κ1) is 11.5. The Labute approximate surface area is 104 Å². The molecule has 0 spiro atoms. The van der Waals surface area contributed by atoms with E-state index < -0.39 is 0 Å². The predicted octanol–water partition coefficient (Wildman–Crippen LogP) is 3.64. The number of halogens is 1. The molecule has 1 aromatic rings. The molecule has 0 bridgehead atoms. The molecule has 1 saturated heterocycles. The summed E-state index contributed by atoms with van der Waals surface area (Å²) in [4.78, 5) is 3.93. The summed E-state index contributed by atoms with van der Waals surface area (Å²) in [6.45, 7) is 3.85. The van der Waals surface area contributed by atoms with Crippen molar-refractivity contribution in [1.29, 1.82) is 0 Å². The lowest BCUT2D eigenvalue weighted by molar-refractivity contribution is 0.362. The number of benzene rings is 1. The van der Waals surface area contributed by atoms with Crippen LogP contribution in [0, 0.1) is 0 Å². The van der Waals surface area contributed by atoms with Gasteiger partial charge in [-0.1, -0.05) is 15.9 Å². The number of rotatable bonds is 4. The van der Waals surface area contributed by atoms with Crippen molar-refractivity contribution < 1.29 is 0 Å². The predicted molar refractivity (Wildman–Crippen MR) is 70.5 cm³/mol. The van der Waals surface area contributed by atoms with Crippen LogP contribution in [0.3, 0.4) is 0 Å². The molecule has 0 atom stereocenters. The van der Waals surface area contributed by atoms with E-state index in [0.717, 1.165) is 4.47 Å². The molecule has 1 aliphatic heterocycles. The largest absolute Gasteiger partial charge is 0.303 e. The zero-order valence-electron chi connectivity index (χ0n) is 8.79. The minimum Gasteiger partial charge on any atom is -0.303 e. The molecule has 0 radical (unpaired) electrons. The Morgan fingerprint density at radius 3 is 2.47 bits per heavy atom. The van der Waals surface area contributed by atoms with Crippen molar-refractivity contribution in [3.63, 3.8) is 0 Å². The van der Waals surface area contributed by atoms with Gasteiger partial charge in [-0.2, -0.15) is 0 Å². The molecule has 1 aliphatic rings. The SMILES string of the molecule is Brc1ccc(SCCN2CCCC2)cc1. The number of likely N-dealkylation sites (tertiary alicyclic amines) is 1. The second kappa shape index (κ2) is 5.92. The molecule has 2 rings (SSSR count). The van der Waals surface area contributed by atoms with Crippen LogP contribution >= 0.6 is 27.7 Å². The molecular weight excluding hydrogens is 270 g/mol. The van der Waals surface area contributed by atoms with Gasteiger partial charge >= 0.3 is 0 Å². The van der Waals surface area contributed by atoms with Crippen LogP contribution in [0.5, 0.6) is 0 Å². The molecule has 1 heterocycles. The van der Waals surface area contributed by atoms with Crippen molar-refractivity contribution in [2.24, 2.45) is 0 Å². The summed E-state index contributed by atoms with van der Waals surface area (Å²) in [6, 6.07) is 8.58. The Bertz CT molecular complexity index is 293. The number of nitrogens with zero attached hydrogens (tertiary/aromatic N) is 1. The lowest BCUT2D eigenvalue weighted by atomic mass is 10.4. The average Bonchev–Trinajstić information content (AvgIpc) is 2.74. The first-order valence-electron chi connectivity index (χ1n) is 5.45. The van der Waals surface area contributed by atoms with Crippen LogP contribution in [0.2, 0.25) is 0 Å². The van der Waals surface area contributed by atoms with E-state index in [1.807, 2.05) is 11.8 Å². The Kier molecular flexibility index (Phi) is 4.54. The molecule has 0 N–H and O–H groups in total. The minimum absolute atomic E-state index is 1.16. The molecule has 15 heavy (non-hydrogen) atoms. The third-order valence-electron chi connectivity index (χ3n) is 2.69. The highest BCUT2D eigenvalue weighted by Crippen LogP contribution is 2.21. The molecule has 0 unspecified atom stereocenters. The van der Waals surface area contributed by atoms with Gasteiger partial charge in [0.05, 0.1) is 0 Å². The van der Waals surface area contributed by atoms with Gasteiger partial charge in [0.15, 0.2) is 0 Å². The average molecular weight is 286 g/mol. The van der Waals surface area contributed by atoms with E-state index in [-0.39, 0.29) is 0 Å². The Morgan fingerprint density at radius 2 is 1.80 bits per heavy atom. The normalized spacial score (nSPS) is 17.1. The van der Waals surface area contributed by atoms with E-state index in [1.54, 1.807) is 0 Å². The maximum atomic E-state index is 3.45. The summed E-state index contributed by atoms with van der Waals surface area (Å²) in [5, 5.41) is 0. The topological polar surface area (TPSA) is 3.24 Å². The molecular formula is C12H16BrNS. The van der Waals surface area contributed by atoms with Crippen LogP contribution in [0.25, 0.3) is 0 Å². The van der Waals surface area contributed by atoms with Crippen molar-refractivity contribution in [2.75, 3.05) is 25.4 Å². The van der Waals surface area contributed by atoms with Gasteiger partial charge in [-0.25, -0.2) is 0 Å². The minimum atomic E-state index is 1.16. The molecule has 1 aromatic carbocycles. The molecule has 3 heteroatoms. The summed E-state index contributed by atoms with van der Waals surface area (Å²) in [5.41, 5.74) is 0. The van der Waals surface area contributed by atoms with Gasteiger partial charge in [0.1, 0.15) is 0 Å². The van der Waals surface area contributed by atoms with E-state index in [4.69, 9.17) is 0 Å². The molecule has 0 amide bonds. The first-order valence-corrected chi connectivity index (χ1v) is 7.23. The standard InChI is InChI=1S/C12H16BrNS/c13-11-3-5-12(6-4-11)15-10-9-14-7-1-2-8-14/h3-6H,1-2,7-10H2. The number of hydrogen-bond donors (Lipinski definition) is 0. The molecule has 0 aromatic heterocycles. The quantitative estimate of drug-likeness (QED) is 0.777. The van der Waals surface area contributed by atoms with Crippen molar-refractivity contribution >= 4 is 27.7 Å². The third kappa shape index (κ3) is 3.82. The van der Waals surface area contributed by atoms with Crippen LogP contribution < -0.4 is 0 Å². The lowest BCUT2D eigenvalue weighted by Crippen LogP contribution is -2.21. The first-order chi connectivity index (χ1) is 7.34. The van der Waals surface area contributed by atoms with Crippen LogP contribution in [-0.2, 0) is 0 Å². The highest BCUT2D eigenvalue weighted by Gasteiger charge is 2.10. The maximum absolute atomic E-state index is 3.45. The lowest BCUT2D eigenvalue weighted by Gasteiger charge is -2.13. The summed E-state index contributed by atoms with van der Waals surface area (Å²) in [6.07, 6.45) is 2.78. The summed E-state index contributed by atoms with van der Waals surface area (Å²) in [7, 11) is 0. The van der Waals surface area contributed by atoms with E-state index in [2.05, 4.69) is 45.1 Å². The summed E-state index contributed by atoms with van der Waals surface area (Å²) >= 11 is 5.40. The summed E-state index contributed by atoms with van der Waals surface area (Å²) < 4.78 is 1.16. The van der Waals surface area contributed by atoms with Crippen LogP contribution in [0.4, 0.5) is 0 Å². The van der Waals surface area contributed by atoms with Crippen LogP contribution in [0.1, 0.15) is 12.8 Å². The second-order valence-electron chi connectivity index (χ2n) is 3.85. The Morgan fingerprint density at radius 1 is 1.13 bits per heavy atom. The molecule has 1 fully saturated rings. The van der Waals surface area contributed by atoms with Crippen molar-refractivity contribution in [3.05, 3.63) is 28.7 Å². The highest BCUT2D eigenvalue weighted by atomic mass is 79.9. The fourth-order valence-corrected chi connectivity index (χ4v) is 3.01. The number of hydrogen-bond acceptors (Lipinski definition) is 2. The van der Waals surface area contributed by atoms with Crippen molar-refractivity contribution in [3.8, 4) is 0 Å². The fraction of sp³-hybridized carbons (Fsp3) is 0.500. The van der Waals surface area contributed by atoms with Gasteiger partial charge in [-0.05, 0) is 50.2 Å². The Hall–Kier alpha value is 0.01000. The number of thioether (sulfide) groups is 1. The van der Waals surface area contributed by atoms with Gasteiger partial charge in [0.25, 0.3) is 0 Å². The monoisotopic (exact) mass is 285 g/mol. The fourth-order valence-electron chi connectivity index (χ4n) is 1.83. The van der Waals surface area contributed by atoms with E-state index in [9.17, 15) is 0 Å². The second-order valence-corrected chi connectivity index (χ2v) is 5.94. The summed E-state index contributed by atoms with van der Waals surface area (Å²) in [5.74, 6) is 1.21. The highest BCUT2D eigenvalue weighted by molar-refractivity contribution is 9.10. The van der Waals surface area contributed by atoms with E-state index >= 15 is 0 Å².